The van der Waals surface area contributed by atoms with E-state index < -0.39 is 5.95 Å². The van der Waals surface area contributed by atoms with E-state index >= 15 is 0 Å². The molecule has 5 aromatic rings. The molecule has 9 heteroatoms. The molecule has 1 fully saturated rings. The van der Waals surface area contributed by atoms with Crippen LogP contribution in [0.4, 0.5) is 21.7 Å². The Morgan fingerprint density at radius 3 is 2.79 bits per heavy atom. The Labute approximate surface area is 189 Å². The van der Waals surface area contributed by atoms with Gasteiger partial charge in [-0.25, -0.2) is 9.97 Å². The Kier molecular flexibility index (Phi) is 4.69. The van der Waals surface area contributed by atoms with Gasteiger partial charge in [0.1, 0.15) is 11.3 Å². The van der Waals surface area contributed by atoms with Crippen molar-refractivity contribution in [3.05, 3.63) is 67.1 Å². The molecule has 1 aromatic carbocycles. The van der Waals surface area contributed by atoms with E-state index in [0.717, 1.165) is 48.4 Å². The molecule has 0 radical (unpaired) electrons. The average Bonchev–Trinajstić information content (AvgIpc) is 3.43. The first-order valence-corrected chi connectivity index (χ1v) is 10.9. The van der Waals surface area contributed by atoms with E-state index in [2.05, 4.69) is 54.2 Å². The average molecular weight is 443 g/mol. The quantitative estimate of drug-likeness (QED) is 0.440. The lowest BCUT2D eigenvalue weighted by molar-refractivity contribution is 0.313. The van der Waals surface area contributed by atoms with E-state index in [4.69, 9.17) is 0 Å². The fraction of sp³-hybridized carbons (Fsp3) is 0.208. The maximum Gasteiger partial charge on any atom is 0.229 e. The molecule has 1 aliphatic heterocycles. The number of hydrogen-bond donors (Lipinski definition) is 2. The van der Waals surface area contributed by atoms with Gasteiger partial charge < -0.3 is 20.1 Å². The van der Waals surface area contributed by atoms with Crippen LogP contribution in [-0.4, -0.2) is 62.5 Å². The van der Waals surface area contributed by atoms with Gasteiger partial charge in [0, 0.05) is 72.7 Å². The Balaban J connectivity index is 1.26. The van der Waals surface area contributed by atoms with Gasteiger partial charge >= 0.3 is 0 Å². The molecule has 0 unspecified atom stereocenters. The summed E-state index contributed by atoms with van der Waals surface area (Å²) >= 11 is 0. The molecule has 33 heavy (non-hydrogen) atoms. The zero-order chi connectivity index (χ0) is 22.4. The summed E-state index contributed by atoms with van der Waals surface area (Å²) < 4.78 is 15.4. The van der Waals surface area contributed by atoms with Crippen LogP contribution in [0.2, 0.25) is 0 Å². The second-order valence-electron chi connectivity index (χ2n) is 8.35. The molecule has 2 N–H and O–H groups in total. The van der Waals surface area contributed by atoms with Crippen LogP contribution < -0.4 is 10.2 Å². The molecule has 166 valence electrons. The van der Waals surface area contributed by atoms with Crippen molar-refractivity contribution in [1.82, 2.24) is 29.2 Å². The minimum Gasteiger partial charge on any atom is -0.369 e. The largest absolute Gasteiger partial charge is 0.369 e. The first-order valence-electron chi connectivity index (χ1n) is 10.9. The smallest absolute Gasteiger partial charge is 0.229 e. The number of nitrogens with one attached hydrogen (secondary N) is 2. The van der Waals surface area contributed by atoms with Crippen molar-refractivity contribution < 1.29 is 4.39 Å². The fourth-order valence-electron chi connectivity index (χ4n) is 4.29. The third-order valence-corrected chi connectivity index (χ3v) is 6.17. The molecule has 0 spiro atoms. The molecule has 0 atom stereocenters. The van der Waals surface area contributed by atoms with Gasteiger partial charge in [-0.15, -0.1) is 0 Å². The van der Waals surface area contributed by atoms with Gasteiger partial charge in [0.2, 0.25) is 11.9 Å². The van der Waals surface area contributed by atoms with E-state index in [1.165, 1.54) is 16.3 Å². The highest BCUT2D eigenvalue weighted by atomic mass is 19.1. The Bertz CT molecular complexity index is 1450. The molecule has 5 heterocycles. The lowest BCUT2D eigenvalue weighted by atomic mass is 10.1. The van der Waals surface area contributed by atoms with E-state index in [9.17, 15) is 4.39 Å². The Hall–Kier alpha value is -3.98. The maximum atomic E-state index is 14.0. The minimum absolute atomic E-state index is 0.395. The molecule has 8 nitrogen and oxygen atoms in total. The second-order valence-corrected chi connectivity index (χ2v) is 8.35. The normalized spacial score (nSPS) is 14.9. The summed E-state index contributed by atoms with van der Waals surface area (Å²) in [7, 11) is 2.16. The summed E-state index contributed by atoms with van der Waals surface area (Å²) in [4.78, 5) is 21.2. The fourth-order valence-corrected chi connectivity index (χ4v) is 4.29. The molecule has 1 saturated heterocycles. The standard InChI is InChI=1S/C24H23FN8/c1-31-7-9-32(10-8-31)18-4-2-3-17(11-18)29-24-28-13-20-19(12-27-23(20)30-24)16-5-6-22-26-14-21(25)33(22)15-16/h2-6,11-15H,7-10H2,1H3,(H2,27,28,29,30). The van der Waals surface area contributed by atoms with Crippen molar-refractivity contribution in [1.29, 1.82) is 0 Å². The van der Waals surface area contributed by atoms with Gasteiger partial charge in [0.15, 0.2) is 0 Å². The van der Waals surface area contributed by atoms with Gasteiger partial charge in [-0.05, 0) is 37.4 Å². The number of aromatic nitrogens is 5. The number of fused-ring (bicyclic) bond motifs is 2. The SMILES string of the molecule is CN1CCN(c2cccc(Nc3ncc4c(-c5ccc6ncc(F)n6c5)c[nH]c4n3)c2)CC1. The number of nitrogens with zero attached hydrogens (tertiary/aromatic N) is 6. The number of rotatable bonds is 4. The molecular weight excluding hydrogens is 419 g/mol. The molecule has 4 aromatic heterocycles. The van der Waals surface area contributed by atoms with Crippen molar-refractivity contribution in [2.24, 2.45) is 0 Å². The lowest BCUT2D eigenvalue weighted by Crippen LogP contribution is -2.44. The number of benzene rings is 1. The van der Waals surface area contributed by atoms with E-state index in [1.54, 1.807) is 18.5 Å². The number of likely N-dealkylation sites (N-methyl/N-ethyl adjacent to an activating group) is 1. The van der Waals surface area contributed by atoms with E-state index in [-0.39, 0.29) is 0 Å². The highest BCUT2D eigenvalue weighted by Crippen LogP contribution is 2.29. The van der Waals surface area contributed by atoms with Crippen molar-refractivity contribution in [3.63, 3.8) is 0 Å². The highest BCUT2D eigenvalue weighted by molar-refractivity contribution is 5.93. The predicted octanol–water partition coefficient (Wildman–Crippen LogP) is 3.91. The first-order chi connectivity index (χ1) is 16.1. The second kappa shape index (κ2) is 7.86. The van der Waals surface area contributed by atoms with Crippen molar-refractivity contribution in [3.8, 4) is 11.1 Å². The minimum atomic E-state index is -0.395. The van der Waals surface area contributed by atoms with Crippen LogP contribution in [0, 0.1) is 5.95 Å². The summed E-state index contributed by atoms with van der Waals surface area (Å²) in [5.41, 5.74) is 5.18. The third-order valence-electron chi connectivity index (χ3n) is 6.17. The number of hydrogen-bond acceptors (Lipinski definition) is 6. The molecule has 6 rings (SSSR count). The van der Waals surface area contributed by atoms with E-state index in [1.807, 2.05) is 24.4 Å². The van der Waals surface area contributed by atoms with Gasteiger partial charge in [-0.2, -0.15) is 9.37 Å². The number of pyridine rings is 1. The maximum absolute atomic E-state index is 14.0. The van der Waals surface area contributed by atoms with Crippen LogP contribution in [0.5, 0.6) is 0 Å². The summed E-state index contributed by atoms with van der Waals surface area (Å²) in [5, 5.41) is 4.19. The van der Waals surface area contributed by atoms with Crippen molar-refractivity contribution in [2.75, 3.05) is 43.4 Å². The van der Waals surface area contributed by atoms with Crippen LogP contribution in [0.15, 0.2) is 61.2 Å². The monoisotopic (exact) mass is 442 g/mol. The molecule has 0 amide bonds. The molecule has 1 aliphatic rings. The summed E-state index contributed by atoms with van der Waals surface area (Å²) in [6.45, 7) is 4.16. The number of H-pyrrole nitrogens is 1. The zero-order valence-corrected chi connectivity index (χ0v) is 18.2. The summed E-state index contributed by atoms with van der Waals surface area (Å²) in [6.07, 6.45) is 6.60. The highest BCUT2D eigenvalue weighted by Gasteiger charge is 2.15. The Morgan fingerprint density at radius 2 is 1.91 bits per heavy atom. The third kappa shape index (κ3) is 3.66. The van der Waals surface area contributed by atoms with Gasteiger partial charge in [0.25, 0.3) is 0 Å². The van der Waals surface area contributed by atoms with Gasteiger partial charge in [-0.3, -0.25) is 4.40 Å². The Morgan fingerprint density at radius 1 is 1.03 bits per heavy atom. The summed E-state index contributed by atoms with van der Waals surface area (Å²) in [5.74, 6) is 0.121. The predicted molar refractivity (Wildman–Crippen MR) is 127 cm³/mol. The van der Waals surface area contributed by atoms with Crippen molar-refractivity contribution in [2.45, 2.75) is 0 Å². The topological polar surface area (TPSA) is 77.4 Å². The van der Waals surface area contributed by atoms with Crippen LogP contribution in [-0.2, 0) is 0 Å². The molecule has 0 saturated carbocycles. The number of imidazole rings is 1. The number of aromatic amines is 1. The van der Waals surface area contributed by atoms with Crippen LogP contribution in [0.3, 0.4) is 0 Å². The summed E-state index contributed by atoms with van der Waals surface area (Å²) in [6, 6.07) is 12.0. The van der Waals surface area contributed by atoms with Crippen LogP contribution >= 0.6 is 0 Å². The molecule has 0 bridgehead atoms. The van der Waals surface area contributed by atoms with Crippen LogP contribution in [0.1, 0.15) is 0 Å². The number of halogens is 1. The molecule has 0 aliphatic carbocycles. The zero-order valence-electron chi connectivity index (χ0n) is 18.2. The van der Waals surface area contributed by atoms with Crippen LogP contribution in [0.25, 0.3) is 27.8 Å². The molecular formula is C24H23FN8. The van der Waals surface area contributed by atoms with E-state index in [0.29, 0.717) is 17.2 Å². The first kappa shape index (κ1) is 19.7. The lowest BCUT2D eigenvalue weighted by Gasteiger charge is -2.34. The van der Waals surface area contributed by atoms with Gasteiger partial charge in [0.05, 0.1) is 6.20 Å². The van der Waals surface area contributed by atoms with Gasteiger partial charge in [-0.1, -0.05) is 6.07 Å². The number of anilines is 3. The number of piperazine rings is 1. The van der Waals surface area contributed by atoms with Crippen molar-refractivity contribution >= 4 is 34.0 Å².